The lowest BCUT2D eigenvalue weighted by molar-refractivity contribution is -0.147. The summed E-state index contributed by atoms with van der Waals surface area (Å²) in [4.78, 5) is 11.3. The Kier molecular flexibility index (Phi) is 7.48. The van der Waals surface area contributed by atoms with Gasteiger partial charge in [0.1, 0.15) is 0 Å². The molecule has 0 amide bonds. The van der Waals surface area contributed by atoms with E-state index in [-0.39, 0.29) is 11.9 Å². The molecule has 1 N–H and O–H groups in total. The van der Waals surface area contributed by atoms with E-state index in [9.17, 15) is 4.79 Å². The SMILES string of the molecule is CCCC(C)NCC(C)C(=O)OCC. The quantitative estimate of drug-likeness (QED) is 0.640. The molecule has 2 atom stereocenters. The molecule has 14 heavy (non-hydrogen) atoms. The minimum atomic E-state index is -0.108. The fourth-order valence-corrected chi connectivity index (χ4v) is 1.28. The molecule has 0 aromatic heterocycles. The highest BCUT2D eigenvalue weighted by molar-refractivity contribution is 5.72. The van der Waals surface area contributed by atoms with Crippen molar-refractivity contribution < 1.29 is 9.53 Å². The third kappa shape index (κ3) is 5.97. The Bertz CT molecular complexity index is 159. The summed E-state index contributed by atoms with van der Waals surface area (Å²) in [6, 6.07) is 0.483. The van der Waals surface area contributed by atoms with Gasteiger partial charge in [0.05, 0.1) is 12.5 Å². The van der Waals surface area contributed by atoms with Crippen LogP contribution >= 0.6 is 0 Å². The minimum absolute atomic E-state index is 0.0470. The van der Waals surface area contributed by atoms with Gasteiger partial charge < -0.3 is 10.1 Å². The van der Waals surface area contributed by atoms with Crippen LogP contribution in [-0.4, -0.2) is 25.2 Å². The largest absolute Gasteiger partial charge is 0.466 e. The van der Waals surface area contributed by atoms with E-state index in [2.05, 4.69) is 19.2 Å². The first-order valence-electron chi connectivity index (χ1n) is 5.51. The Labute approximate surface area is 87.2 Å². The van der Waals surface area contributed by atoms with E-state index < -0.39 is 0 Å². The average molecular weight is 201 g/mol. The molecule has 0 heterocycles. The van der Waals surface area contributed by atoms with Gasteiger partial charge in [-0.2, -0.15) is 0 Å². The van der Waals surface area contributed by atoms with Crippen molar-refractivity contribution in [3.63, 3.8) is 0 Å². The van der Waals surface area contributed by atoms with Gasteiger partial charge in [-0.05, 0) is 20.3 Å². The van der Waals surface area contributed by atoms with Gasteiger partial charge in [0.15, 0.2) is 0 Å². The predicted octanol–water partition coefficient (Wildman–Crippen LogP) is 1.96. The number of carbonyl (C=O) groups is 1. The summed E-state index contributed by atoms with van der Waals surface area (Å²) in [7, 11) is 0. The zero-order valence-electron chi connectivity index (χ0n) is 9.80. The highest BCUT2D eigenvalue weighted by atomic mass is 16.5. The number of esters is 1. The summed E-state index contributed by atoms with van der Waals surface area (Å²) < 4.78 is 4.92. The highest BCUT2D eigenvalue weighted by Gasteiger charge is 2.14. The van der Waals surface area contributed by atoms with Gasteiger partial charge in [0, 0.05) is 12.6 Å². The Morgan fingerprint density at radius 2 is 2.00 bits per heavy atom. The second-order valence-electron chi connectivity index (χ2n) is 3.75. The van der Waals surface area contributed by atoms with E-state index in [1.54, 1.807) is 0 Å². The molecule has 84 valence electrons. The molecular formula is C11H23NO2. The zero-order valence-corrected chi connectivity index (χ0v) is 9.80. The third-order valence-electron chi connectivity index (χ3n) is 2.18. The molecule has 0 aliphatic carbocycles. The van der Waals surface area contributed by atoms with Crippen molar-refractivity contribution in [2.45, 2.75) is 46.6 Å². The molecule has 0 aliphatic heterocycles. The monoisotopic (exact) mass is 201 g/mol. The highest BCUT2D eigenvalue weighted by Crippen LogP contribution is 2.00. The normalized spacial score (nSPS) is 14.9. The number of hydrogen-bond donors (Lipinski definition) is 1. The first kappa shape index (κ1) is 13.4. The van der Waals surface area contributed by atoms with E-state index >= 15 is 0 Å². The molecular weight excluding hydrogens is 178 g/mol. The zero-order chi connectivity index (χ0) is 11.0. The molecule has 0 saturated heterocycles. The minimum Gasteiger partial charge on any atom is -0.466 e. The average Bonchev–Trinajstić information content (AvgIpc) is 2.15. The van der Waals surface area contributed by atoms with Crippen LogP contribution in [0.2, 0.25) is 0 Å². The van der Waals surface area contributed by atoms with Gasteiger partial charge >= 0.3 is 5.97 Å². The van der Waals surface area contributed by atoms with Crippen LogP contribution in [0.4, 0.5) is 0 Å². The van der Waals surface area contributed by atoms with Crippen LogP contribution in [0.5, 0.6) is 0 Å². The van der Waals surface area contributed by atoms with E-state index in [0.29, 0.717) is 19.2 Å². The summed E-state index contributed by atoms with van der Waals surface area (Å²) in [6.45, 7) is 9.20. The fraction of sp³-hybridized carbons (Fsp3) is 0.909. The lowest BCUT2D eigenvalue weighted by atomic mass is 10.1. The molecule has 0 spiro atoms. The molecule has 0 aliphatic rings. The molecule has 0 aromatic carbocycles. The van der Waals surface area contributed by atoms with Gasteiger partial charge in [0.2, 0.25) is 0 Å². The topological polar surface area (TPSA) is 38.3 Å². The van der Waals surface area contributed by atoms with Crippen LogP contribution in [0.25, 0.3) is 0 Å². The number of hydrogen-bond acceptors (Lipinski definition) is 3. The molecule has 0 fully saturated rings. The Hall–Kier alpha value is -0.570. The van der Waals surface area contributed by atoms with Crippen molar-refractivity contribution in [1.82, 2.24) is 5.32 Å². The van der Waals surface area contributed by atoms with Gasteiger partial charge in [-0.25, -0.2) is 0 Å². The van der Waals surface area contributed by atoms with Crippen molar-refractivity contribution in [3.05, 3.63) is 0 Å². The maximum atomic E-state index is 11.3. The van der Waals surface area contributed by atoms with Crippen LogP contribution < -0.4 is 5.32 Å². The summed E-state index contributed by atoms with van der Waals surface area (Å²) in [5, 5.41) is 3.32. The summed E-state index contributed by atoms with van der Waals surface area (Å²) in [6.07, 6.45) is 2.32. The Balaban J connectivity index is 3.61. The van der Waals surface area contributed by atoms with Crippen molar-refractivity contribution in [2.24, 2.45) is 5.92 Å². The smallest absolute Gasteiger partial charge is 0.309 e. The summed E-state index contributed by atoms with van der Waals surface area (Å²) in [5.74, 6) is -0.155. The lowest BCUT2D eigenvalue weighted by Gasteiger charge is -2.16. The molecule has 3 heteroatoms. The van der Waals surface area contributed by atoms with E-state index in [4.69, 9.17) is 4.74 Å². The van der Waals surface area contributed by atoms with Crippen molar-refractivity contribution in [2.75, 3.05) is 13.2 Å². The predicted molar refractivity (Wildman–Crippen MR) is 58.2 cm³/mol. The van der Waals surface area contributed by atoms with E-state index in [0.717, 1.165) is 6.42 Å². The van der Waals surface area contributed by atoms with Gasteiger partial charge in [-0.1, -0.05) is 20.3 Å². The molecule has 2 unspecified atom stereocenters. The van der Waals surface area contributed by atoms with Gasteiger partial charge in [-0.3, -0.25) is 4.79 Å². The van der Waals surface area contributed by atoms with E-state index in [1.807, 2.05) is 13.8 Å². The molecule has 0 bridgehead atoms. The Morgan fingerprint density at radius 3 is 2.50 bits per heavy atom. The second-order valence-corrected chi connectivity index (χ2v) is 3.75. The van der Waals surface area contributed by atoms with Gasteiger partial charge in [0.25, 0.3) is 0 Å². The summed E-state index contributed by atoms with van der Waals surface area (Å²) >= 11 is 0. The van der Waals surface area contributed by atoms with E-state index in [1.165, 1.54) is 6.42 Å². The molecule has 0 aromatic rings. The van der Waals surface area contributed by atoms with Crippen molar-refractivity contribution >= 4 is 5.97 Å². The molecule has 3 nitrogen and oxygen atoms in total. The molecule has 0 radical (unpaired) electrons. The number of carbonyl (C=O) groups excluding carboxylic acids is 1. The van der Waals surface area contributed by atoms with Crippen molar-refractivity contribution in [3.8, 4) is 0 Å². The van der Waals surface area contributed by atoms with Crippen LogP contribution in [0.1, 0.15) is 40.5 Å². The second kappa shape index (κ2) is 7.80. The first-order chi connectivity index (χ1) is 6.61. The first-order valence-corrected chi connectivity index (χ1v) is 5.51. The number of ether oxygens (including phenoxy) is 1. The van der Waals surface area contributed by atoms with Crippen molar-refractivity contribution in [1.29, 1.82) is 0 Å². The van der Waals surface area contributed by atoms with Crippen LogP contribution in [0, 0.1) is 5.92 Å². The summed E-state index contributed by atoms with van der Waals surface area (Å²) in [5.41, 5.74) is 0. The maximum absolute atomic E-state index is 11.3. The van der Waals surface area contributed by atoms with Crippen LogP contribution in [0.15, 0.2) is 0 Å². The maximum Gasteiger partial charge on any atom is 0.309 e. The van der Waals surface area contributed by atoms with Crippen LogP contribution in [0.3, 0.4) is 0 Å². The Morgan fingerprint density at radius 1 is 1.36 bits per heavy atom. The lowest BCUT2D eigenvalue weighted by Crippen LogP contribution is -2.33. The van der Waals surface area contributed by atoms with Gasteiger partial charge in [-0.15, -0.1) is 0 Å². The number of rotatable bonds is 7. The van der Waals surface area contributed by atoms with Crippen LogP contribution in [-0.2, 0) is 9.53 Å². The molecule has 0 rings (SSSR count). The molecule has 0 saturated carbocycles. The number of nitrogens with one attached hydrogen (secondary N) is 1. The third-order valence-corrected chi connectivity index (χ3v) is 2.18. The fourth-order valence-electron chi connectivity index (χ4n) is 1.28. The standard InChI is InChI=1S/C11H23NO2/c1-5-7-10(4)12-8-9(3)11(13)14-6-2/h9-10,12H,5-8H2,1-4H3.